The second-order valence-electron chi connectivity index (χ2n) is 6.13. The van der Waals surface area contributed by atoms with E-state index in [4.69, 9.17) is 0 Å². The molecule has 2 aromatic rings. The predicted molar refractivity (Wildman–Crippen MR) is 85.6 cm³/mol. The summed E-state index contributed by atoms with van der Waals surface area (Å²) in [5.74, 6) is 0. The zero-order chi connectivity index (χ0) is 14.7. The van der Waals surface area contributed by atoms with Crippen LogP contribution in [0, 0.1) is 0 Å². The molecule has 1 aromatic heterocycles. The van der Waals surface area contributed by atoms with Crippen LogP contribution in [0.25, 0.3) is 5.69 Å². The zero-order valence-corrected chi connectivity index (χ0v) is 12.9. The molecule has 1 aliphatic rings. The molecule has 1 aliphatic heterocycles. The number of piperidine rings is 1. The van der Waals surface area contributed by atoms with Crippen molar-refractivity contribution < 1.29 is 0 Å². The van der Waals surface area contributed by atoms with Crippen molar-refractivity contribution in [2.24, 2.45) is 0 Å². The summed E-state index contributed by atoms with van der Waals surface area (Å²) < 4.78 is 2.03. The maximum atomic E-state index is 4.09. The van der Waals surface area contributed by atoms with Crippen molar-refractivity contribution in [3.05, 3.63) is 48.5 Å². The minimum atomic E-state index is 0.698. The molecule has 1 unspecified atom stereocenters. The molecule has 0 saturated carbocycles. The number of imidazole rings is 1. The summed E-state index contributed by atoms with van der Waals surface area (Å²) in [4.78, 5) is 9.01. The van der Waals surface area contributed by atoms with Crippen molar-refractivity contribution in [1.29, 1.82) is 0 Å². The van der Waals surface area contributed by atoms with Gasteiger partial charge < -0.3 is 9.47 Å². The summed E-state index contributed by atoms with van der Waals surface area (Å²) in [6.07, 6.45) is 8.24. The van der Waals surface area contributed by atoms with Gasteiger partial charge in [-0.1, -0.05) is 12.1 Å². The van der Waals surface area contributed by atoms with Crippen LogP contribution in [0.4, 0.5) is 0 Å². The number of likely N-dealkylation sites (tertiary alicyclic amines) is 1. The number of nitrogens with zero attached hydrogens (tertiary/aromatic N) is 4. The Kier molecular flexibility index (Phi) is 4.36. The lowest BCUT2D eigenvalue weighted by atomic mass is 10.0. The van der Waals surface area contributed by atoms with Gasteiger partial charge in [-0.25, -0.2) is 4.98 Å². The van der Waals surface area contributed by atoms with E-state index in [1.807, 2.05) is 23.3 Å². The highest BCUT2D eigenvalue weighted by Gasteiger charge is 2.21. The number of benzene rings is 1. The Labute approximate surface area is 127 Å². The highest BCUT2D eigenvalue weighted by atomic mass is 15.2. The summed E-state index contributed by atoms with van der Waals surface area (Å²) in [5, 5.41) is 0. The molecule has 0 N–H and O–H groups in total. The fourth-order valence-electron chi connectivity index (χ4n) is 3.04. The third kappa shape index (κ3) is 3.52. The molecule has 1 atom stereocenters. The molecule has 0 bridgehead atoms. The van der Waals surface area contributed by atoms with Crippen LogP contribution in [0.15, 0.2) is 43.0 Å². The maximum absolute atomic E-state index is 4.09. The number of hydrogen-bond acceptors (Lipinski definition) is 3. The Bertz CT molecular complexity index is 545. The largest absolute Gasteiger partial charge is 0.306 e. The van der Waals surface area contributed by atoms with Crippen molar-refractivity contribution in [3.63, 3.8) is 0 Å². The van der Waals surface area contributed by atoms with Gasteiger partial charge in [-0.05, 0) is 51.2 Å². The Morgan fingerprint density at radius 3 is 2.71 bits per heavy atom. The normalized spacial score (nSPS) is 20.0. The van der Waals surface area contributed by atoms with E-state index in [0.717, 1.165) is 6.54 Å². The molecule has 21 heavy (non-hydrogen) atoms. The first-order valence-electron chi connectivity index (χ1n) is 7.68. The van der Waals surface area contributed by atoms with E-state index in [1.54, 1.807) is 0 Å². The van der Waals surface area contributed by atoms with Crippen LogP contribution in [0.2, 0.25) is 0 Å². The monoisotopic (exact) mass is 284 g/mol. The minimum absolute atomic E-state index is 0.698. The molecular weight excluding hydrogens is 260 g/mol. The third-order valence-electron chi connectivity index (χ3n) is 4.36. The van der Waals surface area contributed by atoms with Crippen molar-refractivity contribution in [1.82, 2.24) is 19.4 Å². The fraction of sp³-hybridized carbons (Fsp3) is 0.471. The molecule has 0 radical (unpaired) electrons. The molecule has 3 rings (SSSR count). The first-order chi connectivity index (χ1) is 10.2. The minimum Gasteiger partial charge on any atom is -0.306 e. The van der Waals surface area contributed by atoms with E-state index in [0.29, 0.717) is 6.04 Å². The standard InChI is InChI=1S/C17H24N4/c1-19(2)17-4-3-10-20(13-17)12-15-5-7-16(8-6-15)21-11-9-18-14-21/h5-9,11,14,17H,3-4,10,12-13H2,1-2H3. The Morgan fingerprint density at radius 2 is 2.05 bits per heavy atom. The molecule has 0 spiro atoms. The van der Waals surface area contributed by atoms with Crippen molar-refractivity contribution in [3.8, 4) is 5.69 Å². The quantitative estimate of drug-likeness (QED) is 0.861. The Balaban J connectivity index is 1.62. The predicted octanol–water partition coefficient (Wildman–Crippen LogP) is 2.40. The van der Waals surface area contributed by atoms with Crippen molar-refractivity contribution in [2.45, 2.75) is 25.4 Å². The van der Waals surface area contributed by atoms with Gasteiger partial charge in [0, 0.05) is 37.2 Å². The zero-order valence-electron chi connectivity index (χ0n) is 12.9. The SMILES string of the molecule is CN(C)C1CCCN(Cc2ccc(-n3ccnc3)cc2)C1. The van der Waals surface area contributed by atoms with Crippen molar-refractivity contribution in [2.75, 3.05) is 27.2 Å². The summed E-state index contributed by atoms with van der Waals surface area (Å²) in [6.45, 7) is 3.44. The summed E-state index contributed by atoms with van der Waals surface area (Å²) in [5.41, 5.74) is 2.55. The van der Waals surface area contributed by atoms with Crippen LogP contribution in [0.1, 0.15) is 18.4 Å². The van der Waals surface area contributed by atoms with E-state index < -0.39 is 0 Å². The van der Waals surface area contributed by atoms with Gasteiger partial charge in [-0.15, -0.1) is 0 Å². The van der Waals surface area contributed by atoms with E-state index in [-0.39, 0.29) is 0 Å². The molecule has 1 fully saturated rings. The van der Waals surface area contributed by atoms with Gasteiger partial charge in [0.2, 0.25) is 0 Å². The van der Waals surface area contributed by atoms with Crippen LogP contribution < -0.4 is 0 Å². The van der Waals surface area contributed by atoms with E-state index >= 15 is 0 Å². The molecule has 0 amide bonds. The average Bonchev–Trinajstić information content (AvgIpc) is 3.02. The molecular formula is C17H24N4. The molecule has 4 nitrogen and oxygen atoms in total. The van der Waals surface area contributed by atoms with Gasteiger partial charge in [-0.3, -0.25) is 4.90 Å². The molecule has 2 heterocycles. The molecule has 1 saturated heterocycles. The molecule has 112 valence electrons. The lowest BCUT2D eigenvalue weighted by Gasteiger charge is -2.36. The Morgan fingerprint density at radius 1 is 1.24 bits per heavy atom. The van der Waals surface area contributed by atoms with Gasteiger partial charge in [0.25, 0.3) is 0 Å². The van der Waals surface area contributed by atoms with E-state index in [2.05, 4.69) is 53.1 Å². The van der Waals surface area contributed by atoms with Gasteiger partial charge in [-0.2, -0.15) is 0 Å². The first kappa shape index (κ1) is 14.3. The van der Waals surface area contributed by atoms with Crippen molar-refractivity contribution >= 4 is 0 Å². The van der Waals surface area contributed by atoms with Crippen LogP contribution in [-0.4, -0.2) is 52.6 Å². The topological polar surface area (TPSA) is 24.3 Å². The highest BCUT2D eigenvalue weighted by molar-refractivity contribution is 5.34. The lowest BCUT2D eigenvalue weighted by Crippen LogP contribution is -2.44. The molecule has 4 heteroatoms. The molecule has 0 aliphatic carbocycles. The summed E-state index contributed by atoms with van der Waals surface area (Å²) >= 11 is 0. The number of rotatable bonds is 4. The summed E-state index contributed by atoms with van der Waals surface area (Å²) in [7, 11) is 4.38. The van der Waals surface area contributed by atoms with Gasteiger partial charge in [0.1, 0.15) is 0 Å². The number of likely N-dealkylation sites (N-methyl/N-ethyl adjacent to an activating group) is 1. The number of hydrogen-bond donors (Lipinski definition) is 0. The lowest BCUT2D eigenvalue weighted by molar-refractivity contribution is 0.128. The first-order valence-corrected chi connectivity index (χ1v) is 7.68. The van der Waals surface area contributed by atoms with Crippen LogP contribution >= 0.6 is 0 Å². The van der Waals surface area contributed by atoms with E-state index in [9.17, 15) is 0 Å². The van der Waals surface area contributed by atoms with Crippen LogP contribution in [0.3, 0.4) is 0 Å². The highest BCUT2D eigenvalue weighted by Crippen LogP contribution is 2.17. The van der Waals surface area contributed by atoms with Gasteiger partial charge >= 0.3 is 0 Å². The maximum Gasteiger partial charge on any atom is 0.0991 e. The molecule has 1 aromatic carbocycles. The number of aromatic nitrogens is 2. The summed E-state index contributed by atoms with van der Waals surface area (Å²) in [6, 6.07) is 9.50. The van der Waals surface area contributed by atoms with Gasteiger partial charge in [0.15, 0.2) is 0 Å². The van der Waals surface area contributed by atoms with Gasteiger partial charge in [0.05, 0.1) is 6.33 Å². The fourth-order valence-corrected chi connectivity index (χ4v) is 3.04. The average molecular weight is 284 g/mol. The second-order valence-corrected chi connectivity index (χ2v) is 6.13. The van der Waals surface area contributed by atoms with Crippen LogP contribution in [0.5, 0.6) is 0 Å². The Hall–Kier alpha value is -1.65. The third-order valence-corrected chi connectivity index (χ3v) is 4.36. The smallest absolute Gasteiger partial charge is 0.0991 e. The second kappa shape index (κ2) is 6.41. The van der Waals surface area contributed by atoms with Crippen LogP contribution in [-0.2, 0) is 6.54 Å². The van der Waals surface area contributed by atoms with E-state index in [1.165, 1.54) is 37.2 Å².